The summed E-state index contributed by atoms with van der Waals surface area (Å²) in [5.41, 5.74) is 3.50. The number of aryl methyl sites for hydroxylation is 2. The second kappa shape index (κ2) is 9.81. The van der Waals surface area contributed by atoms with Gasteiger partial charge in [-0.3, -0.25) is 0 Å². The fourth-order valence-corrected chi connectivity index (χ4v) is 4.64. The van der Waals surface area contributed by atoms with E-state index in [4.69, 9.17) is 14.2 Å². The van der Waals surface area contributed by atoms with Crippen LogP contribution in [0.3, 0.4) is 0 Å². The quantitative estimate of drug-likeness (QED) is 0.355. The highest BCUT2D eigenvalue weighted by Gasteiger charge is 2.22. The Morgan fingerprint density at radius 2 is 1.34 bits per heavy atom. The van der Waals surface area contributed by atoms with Crippen molar-refractivity contribution in [1.29, 1.82) is 0 Å². The molecule has 0 bridgehead atoms. The van der Waals surface area contributed by atoms with E-state index >= 15 is 0 Å². The molecule has 0 aliphatic heterocycles. The number of rotatable bonds is 7. The van der Waals surface area contributed by atoms with E-state index < -0.39 is 0 Å². The van der Waals surface area contributed by atoms with E-state index in [2.05, 4.69) is 67.7 Å². The van der Waals surface area contributed by atoms with Crippen molar-refractivity contribution in [3.63, 3.8) is 0 Å². The van der Waals surface area contributed by atoms with Crippen molar-refractivity contribution in [2.45, 2.75) is 28.5 Å². The van der Waals surface area contributed by atoms with Gasteiger partial charge in [0.1, 0.15) is 0 Å². The minimum atomic E-state index is 0.599. The van der Waals surface area contributed by atoms with Gasteiger partial charge >= 0.3 is 0 Å². The highest BCUT2D eigenvalue weighted by molar-refractivity contribution is 7.99. The molecule has 3 aromatic rings. The van der Waals surface area contributed by atoms with Crippen LogP contribution in [0, 0.1) is 13.8 Å². The SMILES string of the molecule is COc1cc(C=[S+]c2ccc(C)cc2)c(Sc2ccc(C)cc2)c(OC)c1OC. The Kier molecular flexibility index (Phi) is 7.18. The Morgan fingerprint density at radius 3 is 1.90 bits per heavy atom. The molecule has 0 aliphatic carbocycles. The normalized spacial score (nSPS) is 10.9. The number of ether oxygens (including phenoxy) is 3. The van der Waals surface area contributed by atoms with E-state index in [9.17, 15) is 0 Å². The Bertz CT molecular complexity index is 994. The zero-order valence-electron chi connectivity index (χ0n) is 17.3. The van der Waals surface area contributed by atoms with Crippen LogP contribution in [-0.4, -0.2) is 26.7 Å². The average Bonchev–Trinajstić information content (AvgIpc) is 2.74. The van der Waals surface area contributed by atoms with E-state index in [0.717, 1.165) is 15.4 Å². The van der Waals surface area contributed by atoms with Crippen molar-refractivity contribution >= 4 is 28.5 Å². The molecule has 0 amide bonds. The summed E-state index contributed by atoms with van der Waals surface area (Å²) in [5, 5.41) is 2.13. The van der Waals surface area contributed by atoms with Crippen LogP contribution in [0.1, 0.15) is 16.7 Å². The molecule has 150 valence electrons. The van der Waals surface area contributed by atoms with E-state index in [1.165, 1.54) is 16.0 Å². The van der Waals surface area contributed by atoms with Crippen molar-refractivity contribution in [2.75, 3.05) is 21.3 Å². The first-order valence-corrected chi connectivity index (χ1v) is 10.9. The van der Waals surface area contributed by atoms with Crippen LogP contribution in [0.2, 0.25) is 0 Å². The predicted octanol–water partition coefficient (Wildman–Crippen LogP) is 5.77. The molecule has 0 radical (unpaired) electrons. The fraction of sp³-hybridized carbons (Fsp3) is 0.208. The summed E-state index contributed by atoms with van der Waals surface area (Å²) in [6.45, 7) is 4.18. The zero-order chi connectivity index (χ0) is 20.8. The van der Waals surface area contributed by atoms with Crippen molar-refractivity contribution in [1.82, 2.24) is 0 Å². The highest BCUT2D eigenvalue weighted by atomic mass is 32.2. The molecule has 0 fully saturated rings. The van der Waals surface area contributed by atoms with Gasteiger partial charge in [0.15, 0.2) is 11.5 Å². The Morgan fingerprint density at radius 1 is 0.759 bits per heavy atom. The first-order chi connectivity index (χ1) is 14.0. The minimum Gasteiger partial charge on any atom is -0.493 e. The molecule has 0 N–H and O–H groups in total. The third-order valence-electron chi connectivity index (χ3n) is 4.40. The molecule has 3 nitrogen and oxygen atoms in total. The van der Waals surface area contributed by atoms with Crippen LogP contribution in [0.15, 0.2) is 69.3 Å². The van der Waals surface area contributed by atoms with Crippen LogP contribution < -0.4 is 14.2 Å². The van der Waals surface area contributed by atoms with Crippen molar-refractivity contribution in [3.8, 4) is 17.2 Å². The summed E-state index contributed by atoms with van der Waals surface area (Å²) in [6.07, 6.45) is 0. The van der Waals surface area contributed by atoms with Gasteiger partial charge in [0, 0.05) is 17.0 Å². The number of hydrogen-bond acceptors (Lipinski definition) is 4. The first kappa shape index (κ1) is 21.2. The molecule has 29 heavy (non-hydrogen) atoms. The first-order valence-electron chi connectivity index (χ1n) is 9.19. The molecule has 5 heteroatoms. The lowest BCUT2D eigenvalue weighted by Crippen LogP contribution is -2.00. The van der Waals surface area contributed by atoms with Gasteiger partial charge in [0.2, 0.25) is 27.4 Å². The van der Waals surface area contributed by atoms with Gasteiger partial charge in [-0.2, -0.15) is 0 Å². The van der Waals surface area contributed by atoms with Gasteiger partial charge in [-0.05, 0) is 32.0 Å². The second-order valence-corrected chi connectivity index (χ2v) is 8.55. The third-order valence-corrected chi connectivity index (χ3v) is 6.45. The largest absolute Gasteiger partial charge is 0.493 e. The standard InChI is InChI=1S/C24H25O3S2/c1-16-6-10-19(11-7-16)28-15-18-14-21(25-3)22(26-4)23(27-5)24(18)29-20-12-8-17(2)9-13-20/h6-15H,1-5H3/q+1. The molecule has 0 aromatic heterocycles. The lowest BCUT2D eigenvalue weighted by Gasteiger charge is -2.17. The van der Waals surface area contributed by atoms with Crippen LogP contribution >= 0.6 is 11.8 Å². The third kappa shape index (κ3) is 5.11. The lowest BCUT2D eigenvalue weighted by molar-refractivity contribution is 0.319. The van der Waals surface area contributed by atoms with Gasteiger partial charge in [-0.15, -0.1) is 0 Å². The molecule has 0 spiro atoms. The Hall–Kier alpha value is -2.50. The minimum absolute atomic E-state index is 0.599. The van der Waals surface area contributed by atoms with Gasteiger partial charge in [-0.1, -0.05) is 47.2 Å². The molecule has 3 aromatic carbocycles. The number of benzene rings is 3. The number of hydrogen-bond donors (Lipinski definition) is 0. The molecule has 0 aliphatic rings. The maximum Gasteiger partial charge on any atom is 0.230 e. The Balaban J connectivity index is 2.10. The maximum atomic E-state index is 5.76. The van der Waals surface area contributed by atoms with E-state index in [0.29, 0.717) is 17.2 Å². The maximum absolute atomic E-state index is 5.76. The summed E-state index contributed by atoms with van der Waals surface area (Å²) in [4.78, 5) is 3.31. The molecule has 3 rings (SSSR count). The number of methoxy groups -OCH3 is 3. The average molecular weight is 426 g/mol. The van der Waals surface area contributed by atoms with Gasteiger partial charge in [0.25, 0.3) is 0 Å². The summed E-state index contributed by atoms with van der Waals surface area (Å²) in [5.74, 6) is 1.92. The second-order valence-electron chi connectivity index (χ2n) is 6.53. The van der Waals surface area contributed by atoms with E-state index in [-0.39, 0.29) is 0 Å². The summed E-state index contributed by atoms with van der Waals surface area (Å²) < 4.78 is 16.9. The van der Waals surface area contributed by atoms with Gasteiger partial charge < -0.3 is 14.2 Å². The Labute approximate surface area is 181 Å². The van der Waals surface area contributed by atoms with Gasteiger partial charge in [-0.25, -0.2) is 0 Å². The van der Waals surface area contributed by atoms with Crippen LogP contribution in [0.25, 0.3) is 0 Å². The van der Waals surface area contributed by atoms with Crippen molar-refractivity contribution in [2.24, 2.45) is 0 Å². The smallest absolute Gasteiger partial charge is 0.230 e. The topological polar surface area (TPSA) is 27.7 Å². The van der Waals surface area contributed by atoms with E-state index in [1.807, 2.05) is 6.07 Å². The molecule has 0 heterocycles. The van der Waals surface area contributed by atoms with E-state index in [1.54, 1.807) is 44.4 Å². The predicted molar refractivity (Wildman–Crippen MR) is 123 cm³/mol. The fourth-order valence-electron chi connectivity index (χ4n) is 2.81. The summed E-state index contributed by atoms with van der Waals surface area (Å²) >= 11 is 3.33. The van der Waals surface area contributed by atoms with Gasteiger partial charge in [0.05, 0.1) is 31.8 Å². The van der Waals surface area contributed by atoms with Crippen LogP contribution in [0.4, 0.5) is 0 Å². The zero-order valence-corrected chi connectivity index (χ0v) is 18.9. The molecular formula is C24H25O3S2+. The highest BCUT2D eigenvalue weighted by Crippen LogP contribution is 2.47. The lowest BCUT2D eigenvalue weighted by atomic mass is 10.2. The molecule has 0 unspecified atom stereocenters. The molecule has 0 saturated carbocycles. The summed E-state index contributed by atoms with van der Waals surface area (Å²) in [6, 6.07) is 18.9. The monoisotopic (exact) mass is 425 g/mol. The van der Waals surface area contributed by atoms with Crippen LogP contribution in [0.5, 0.6) is 17.2 Å². The summed E-state index contributed by atoms with van der Waals surface area (Å²) in [7, 11) is 4.93. The molecular weight excluding hydrogens is 400 g/mol. The van der Waals surface area contributed by atoms with Crippen molar-refractivity contribution < 1.29 is 14.2 Å². The van der Waals surface area contributed by atoms with Crippen molar-refractivity contribution in [3.05, 3.63) is 71.3 Å². The van der Waals surface area contributed by atoms with Crippen LogP contribution in [-0.2, 0) is 11.4 Å². The molecule has 0 saturated heterocycles. The molecule has 0 atom stereocenters.